The first kappa shape index (κ1) is 20.6. The summed E-state index contributed by atoms with van der Waals surface area (Å²) in [6.45, 7) is 2.72. The first-order valence-corrected chi connectivity index (χ1v) is 12.7. The van der Waals surface area contributed by atoms with E-state index in [9.17, 15) is 8.42 Å². The first-order valence-electron chi connectivity index (χ1n) is 11.2. The molecule has 3 aromatic rings. The van der Waals surface area contributed by atoms with Crippen molar-refractivity contribution in [1.82, 2.24) is 19.5 Å². The molecule has 0 spiro atoms. The number of nitrogens with zero attached hydrogens (tertiary/aromatic N) is 4. The zero-order chi connectivity index (χ0) is 21.4. The second-order valence-electron chi connectivity index (χ2n) is 8.80. The number of hydrogen-bond donors (Lipinski definition) is 0. The Balaban J connectivity index is 1.40. The van der Waals surface area contributed by atoms with Gasteiger partial charge in [0, 0.05) is 30.1 Å². The van der Waals surface area contributed by atoms with Crippen LogP contribution >= 0.6 is 0 Å². The van der Waals surface area contributed by atoms with Crippen LogP contribution in [0.3, 0.4) is 0 Å². The Morgan fingerprint density at radius 1 is 0.935 bits per heavy atom. The fraction of sp³-hybridized carbons (Fsp3) is 0.522. The van der Waals surface area contributed by atoms with Crippen molar-refractivity contribution in [3.8, 4) is 0 Å². The third kappa shape index (κ3) is 3.99. The highest BCUT2D eigenvalue weighted by atomic mass is 32.2. The van der Waals surface area contributed by atoms with E-state index in [-0.39, 0.29) is 10.8 Å². The van der Waals surface area contributed by atoms with E-state index in [1.54, 1.807) is 16.4 Å². The van der Waals surface area contributed by atoms with E-state index in [4.69, 9.17) is 4.42 Å². The van der Waals surface area contributed by atoms with Crippen molar-refractivity contribution >= 4 is 20.9 Å². The third-order valence-corrected chi connectivity index (χ3v) is 8.48. The van der Waals surface area contributed by atoms with E-state index in [0.29, 0.717) is 30.4 Å². The molecule has 5 rings (SSSR count). The molecular weight excluding hydrogens is 412 g/mol. The lowest BCUT2D eigenvalue weighted by Crippen LogP contribution is -2.39. The molecule has 0 radical (unpaired) electrons. The van der Waals surface area contributed by atoms with Crippen molar-refractivity contribution in [3.63, 3.8) is 0 Å². The van der Waals surface area contributed by atoms with Gasteiger partial charge < -0.3 is 4.42 Å². The van der Waals surface area contributed by atoms with Crippen LogP contribution in [0.5, 0.6) is 0 Å². The highest BCUT2D eigenvalue weighted by Crippen LogP contribution is 2.35. The van der Waals surface area contributed by atoms with Crippen LogP contribution in [0, 0.1) is 6.92 Å². The predicted octanol–water partition coefficient (Wildman–Crippen LogP) is 4.54. The predicted molar refractivity (Wildman–Crippen MR) is 117 cm³/mol. The fourth-order valence-corrected chi connectivity index (χ4v) is 6.54. The summed E-state index contributed by atoms with van der Waals surface area (Å²) < 4.78 is 34.7. The van der Waals surface area contributed by atoms with Crippen molar-refractivity contribution in [3.05, 3.63) is 47.8 Å². The summed E-state index contributed by atoms with van der Waals surface area (Å²) in [5.41, 5.74) is 1.33. The minimum atomic E-state index is -3.68. The number of rotatable bonds is 4. The number of sulfonamides is 1. The van der Waals surface area contributed by atoms with Crippen LogP contribution in [-0.2, 0) is 10.0 Å². The maximum Gasteiger partial charge on any atom is 0.245 e. The van der Waals surface area contributed by atoms with Gasteiger partial charge in [-0.05, 0) is 44.7 Å². The molecule has 164 valence electrons. The highest BCUT2D eigenvalue weighted by Gasteiger charge is 2.35. The molecule has 1 saturated heterocycles. The first-order chi connectivity index (χ1) is 15.0. The molecule has 2 aromatic heterocycles. The van der Waals surface area contributed by atoms with Crippen LogP contribution < -0.4 is 0 Å². The van der Waals surface area contributed by atoms with Crippen molar-refractivity contribution in [2.24, 2.45) is 0 Å². The highest BCUT2D eigenvalue weighted by molar-refractivity contribution is 7.89. The van der Waals surface area contributed by atoms with Crippen molar-refractivity contribution in [2.75, 3.05) is 13.1 Å². The van der Waals surface area contributed by atoms with Crippen LogP contribution in [0.25, 0.3) is 10.9 Å². The molecule has 1 aliphatic heterocycles. The number of aromatic nitrogens is 3. The Morgan fingerprint density at radius 2 is 1.68 bits per heavy atom. The maximum atomic E-state index is 13.6. The number of piperidine rings is 1. The number of pyridine rings is 1. The number of fused-ring (bicyclic) bond motifs is 1. The average Bonchev–Trinajstić information content (AvgIpc) is 3.30. The van der Waals surface area contributed by atoms with Gasteiger partial charge in [-0.1, -0.05) is 37.5 Å². The van der Waals surface area contributed by atoms with Gasteiger partial charge in [0.15, 0.2) is 0 Å². The maximum absolute atomic E-state index is 13.6. The second kappa shape index (κ2) is 8.31. The van der Waals surface area contributed by atoms with E-state index in [0.717, 1.165) is 42.7 Å². The van der Waals surface area contributed by atoms with E-state index in [1.165, 1.54) is 19.3 Å². The molecule has 1 aromatic carbocycles. The van der Waals surface area contributed by atoms with Crippen molar-refractivity contribution < 1.29 is 12.8 Å². The Hall–Kier alpha value is -2.32. The molecule has 0 amide bonds. The lowest BCUT2D eigenvalue weighted by atomic mass is 9.89. The molecule has 31 heavy (non-hydrogen) atoms. The van der Waals surface area contributed by atoms with Gasteiger partial charge in [0.2, 0.25) is 21.8 Å². The molecule has 1 atom stereocenters. The second-order valence-corrected chi connectivity index (χ2v) is 10.7. The topological polar surface area (TPSA) is 89.2 Å². The van der Waals surface area contributed by atoms with Gasteiger partial charge in [0.25, 0.3) is 0 Å². The zero-order valence-corrected chi connectivity index (χ0v) is 18.6. The number of benzene rings is 1. The van der Waals surface area contributed by atoms with Crippen molar-refractivity contribution in [1.29, 1.82) is 0 Å². The van der Waals surface area contributed by atoms with E-state index in [1.807, 2.05) is 25.1 Å². The summed E-state index contributed by atoms with van der Waals surface area (Å²) >= 11 is 0. The molecule has 0 bridgehead atoms. The lowest BCUT2D eigenvalue weighted by Gasteiger charge is -2.30. The van der Waals surface area contributed by atoms with Gasteiger partial charge >= 0.3 is 0 Å². The Kier molecular flexibility index (Phi) is 5.52. The molecule has 8 heteroatoms. The largest absolute Gasteiger partial charge is 0.425 e. The van der Waals surface area contributed by atoms with E-state index < -0.39 is 10.0 Å². The molecule has 1 saturated carbocycles. The van der Waals surface area contributed by atoms with Crippen LogP contribution in [0.15, 0.2) is 39.6 Å². The van der Waals surface area contributed by atoms with Crippen LogP contribution in [0.1, 0.15) is 74.3 Å². The smallest absolute Gasteiger partial charge is 0.245 e. The lowest BCUT2D eigenvalue weighted by molar-refractivity contribution is 0.273. The van der Waals surface area contributed by atoms with Crippen molar-refractivity contribution in [2.45, 2.75) is 68.6 Å². The summed E-state index contributed by atoms with van der Waals surface area (Å²) in [5, 5.41) is 9.46. The quantitative estimate of drug-likeness (QED) is 0.592. The SMILES string of the molecule is Cc1ccc2cccc(S(=O)(=O)N3CCCC(c4nnc(C5CCCCC5)o4)C3)c2n1. The van der Waals surface area contributed by atoms with E-state index >= 15 is 0 Å². The average molecular weight is 441 g/mol. The van der Waals surface area contributed by atoms with Gasteiger partial charge in [-0.2, -0.15) is 4.31 Å². The summed E-state index contributed by atoms with van der Waals surface area (Å²) in [6, 6.07) is 9.14. The standard InChI is InChI=1S/C23H28N4O3S/c1-16-12-13-17-9-5-11-20(21(17)24-16)31(28,29)27-14-6-10-19(15-27)23-26-25-22(30-23)18-7-3-2-4-8-18/h5,9,11-13,18-19H,2-4,6-8,10,14-15H2,1H3. The summed E-state index contributed by atoms with van der Waals surface area (Å²) in [6.07, 6.45) is 7.50. The molecule has 3 heterocycles. The molecule has 2 fully saturated rings. The van der Waals surface area contributed by atoms with Gasteiger partial charge in [-0.25, -0.2) is 8.42 Å². The monoisotopic (exact) mass is 440 g/mol. The Labute approximate surface area is 182 Å². The fourth-order valence-electron chi connectivity index (χ4n) is 4.85. The molecule has 1 unspecified atom stereocenters. The Morgan fingerprint density at radius 3 is 2.48 bits per heavy atom. The normalized spacial score (nSPS) is 21.5. The minimum Gasteiger partial charge on any atom is -0.425 e. The number of aryl methyl sites for hydroxylation is 1. The summed E-state index contributed by atoms with van der Waals surface area (Å²) in [7, 11) is -3.68. The van der Waals surface area contributed by atoms with Crippen LogP contribution in [0.2, 0.25) is 0 Å². The minimum absolute atomic E-state index is 0.0713. The van der Waals surface area contributed by atoms with Gasteiger partial charge in [-0.15, -0.1) is 10.2 Å². The van der Waals surface area contributed by atoms with E-state index in [2.05, 4.69) is 15.2 Å². The number of para-hydroxylation sites is 1. The zero-order valence-electron chi connectivity index (χ0n) is 17.8. The number of hydrogen-bond acceptors (Lipinski definition) is 6. The van der Waals surface area contributed by atoms with Gasteiger partial charge in [0.05, 0.1) is 11.4 Å². The summed E-state index contributed by atoms with van der Waals surface area (Å²) in [4.78, 5) is 4.79. The van der Waals surface area contributed by atoms with Gasteiger partial charge in [-0.3, -0.25) is 4.98 Å². The molecule has 7 nitrogen and oxygen atoms in total. The van der Waals surface area contributed by atoms with Gasteiger partial charge in [0.1, 0.15) is 4.90 Å². The molecule has 2 aliphatic rings. The molecule has 1 aliphatic carbocycles. The molecule has 0 N–H and O–H groups in total. The Bertz CT molecular complexity index is 1180. The van der Waals surface area contributed by atoms with Crippen LogP contribution in [0.4, 0.5) is 0 Å². The van der Waals surface area contributed by atoms with Crippen LogP contribution in [-0.4, -0.2) is 41.0 Å². The molecular formula is C23H28N4O3S. The summed E-state index contributed by atoms with van der Waals surface area (Å²) in [5.74, 6) is 1.58. The third-order valence-electron chi connectivity index (χ3n) is 6.58.